The number of amides is 1. The molecule has 25 heavy (non-hydrogen) atoms. The Morgan fingerprint density at radius 1 is 1.04 bits per heavy atom. The van der Waals surface area contributed by atoms with Crippen molar-refractivity contribution in [3.05, 3.63) is 59.9 Å². The summed E-state index contributed by atoms with van der Waals surface area (Å²) in [6.45, 7) is 0.890. The van der Waals surface area contributed by atoms with Gasteiger partial charge in [0.1, 0.15) is 5.82 Å². The van der Waals surface area contributed by atoms with E-state index in [1.54, 1.807) is 29.2 Å². The average Bonchev–Trinajstić information content (AvgIpc) is 3.03. The molecule has 2 aromatic rings. The first-order valence-corrected chi connectivity index (χ1v) is 9.58. The van der Waals surface area contributed by atoms with E-state index in [1.807, 2.05) is 0 Å². The highest BCUT2D eigenvalue weighted by molar-refractivity contribution is 7.89. The molecule has 7 heteroatoms. The highest BCUT2D eigenvalue weighted by Crippen LogP contribution is 2.22. The van der Waals surface area contributed by atoms with Crippen molar-refractivity contribution in [1.29, 1.82) is 0 Å². The molecule has 0 atom stereocenters. The zero-order chi connectivity index (χ0) is 17.9. The molecule has 1 aliphatic heterocycles. The molecule has 0 radical (unpaired) electrons. The Balaban J connectivity index is 1.61. The first-order chi connectivity index (χ1) is 12.0. The molecule has 1 N–H and O–H groups in total. The molecule has 1 amide bonds. The van der Waals surface area contributed by atoms with Gasteiger partial charge in [-0.25, -0.2) is 17.5 Å². The molecule has 3 rings (SSSR count). The van der Waals surface area contributed by atoms with Crippen molar-refractivity contribution in [3.63, 3.8) is 0 Å². The van der Waals surface area contributed by atoms with Gasteiger partial charge in [0.15, 0.2) is 0 Å². The summed E-state index contributed by atoms with van der Waals surface area (Å²) in [4.78, 5) is 13.5. The van der Waals surface area contributed by atoms with Crippen LogP contribution in [0.25, 0.3) is 0 Å². The van der Waals surface area contributed by atoms with Gasteiger partial charge in [-0.3, -0.25) is 4.79 Å². The van der Waals surface area contributed by atoms with Crippen LogP contribution in [0, 0.1) is 5.82 Å². The standard InChI is InChI=1S/C18H19FN2O3S/c19-15-5-3-14(4-6-15)11-12-20-25(23,24)17-9-7-16(8-10-17)21-13-1-2-18(21)22/h3-10,20H,1-2,11-13H2. The number of carbonyl (C=O) groups is 1. The third-order valence-corrected chi connectivity index (χ3v) is 5.63. The number of carbonyl (C=O) groups excluding carboxylic acids is 1. The quantitative estimate of drug-likeness (QED) is 0.858. The number of anilines is 1. The maximum absolute atomic E-state index is 12.9. The Morgan fingerprint density at radius 3 is 2.32 bits per heavy atom. The second kappa shape index (κ2) is 7.33. The third kappa shape index (κ3) is 4.24. The van der Waals surface area contributed by atoms with Crippen molar-refractivity contribution in [3.8, 4) is 0 Å². The predicted molar refractivity (Wildman–Crippen MR) is 93.3 cm³/mol. The summed E-state index contributed by atoms with van der Waals surface area (Å²) < 4.78 is 40.0. The highest BCUT2D eigenvalue weighted by Gasteiger charge is 2.22. The molecular weight excluding hydrogens is 343 g/mol. The van der Waals surface area contributed by atoms with Gasteiger partial charge in [0, 0.05) is 25.2 Å². The van der Waals surface area contributed by atoms with Gasteiger partial charge in [0.05, 0.1) is 4.90 Å². The Labute approximate surface area is 146 Å². The minimum absolute atomic E-state index is 0.0630. The summed E-state index contributed by atoms with van der Waals surface area (Å²) in [5.41, 5.74) is 1.57. The minimum atomic E-state index is -3.62. The maximum Gasteiger partial charge on any atom is 0.240 e. The molecule has 132 valence electrons. The zero-order valence-electron chi connectivity index (χ0n) is 13.6. The Bertz CT molecular complexity index is 849. The molecule has 0 aliphatic carbocycles. The van der Waals surface area contributed by atoms with Crippen molar-refractivity contribution >= 4 is 21.6 Å². The number of rotatable bonds is 6. The highest BCUT2D eigenvalue weighted by atomic mass is 32.2. The van der Waals surface area contributed by atoms with Crippen LogP contribution in [0.4, 0.5) is 10.1 Å². The van der Waals surface area contributed by atoms with Gasteiger partial charge >= 0.3 is 0 Å². The molecule has 1 fully saturated rings. The summed E-state index contributed by atoms with van der Waals surface area (Å²) in [7, 11) is -3.62. The maximum atomic E-state index is 12.9. The van der Waals surface area contributed by atoms with Gasteiger partial charge in [0.25, 0.3) is 0 Å². The van der Waals surface area contributed by atoms with E-state index >= 15 is 0 Å². The first-order valence-electron chi connectivity index (χ1n) is 8.10. The summed E-state index contributed by atoms with van der Waals surface area (Å²) in [6, 6.07) is 12.3. The summed E-state index contributed by atoms with van der Waals surface area (Å²) in [6.07, 6.45) is 1.83. The topological polar surface area (TPSA) is 66.5 Å². The van der Waals surface area contributed by atoms with Crippen LogP contribution in [0.3, 0.4) is 0 Å². The van der Waals surface area contributed by atoms with Crippen LogP contribution >= 0.6 is 0 Å². The van der Waals surface area contributed by atoms with E-state index in [0.29, 0.717) is 25.1 Å². The monoisotopic (exact) mass is 362 g/mol. The van der Waals surface area contributed by atoms with E-state index < -0.39 is 10.0 Å². The lowest BCUT2D eigenvalue weighted by atomic mass is 10.1. The molecule has 1 saturated heterocycles. The molecule has 0 spiro atoms. The molecule has 0 saturated carbocycles. The number of halogens is 1. The molecule has 0 bridgehead atoms. The number of hydrogen-bond donors (Lipinski definition) is 1. The number of sulfonamides is 1. The number of nitrogens with one attached hydrogen (secondary N) is 1. The van der Waals surface area contributed by atoms with Gasteiger partial charge in [0.2, 0.25) is 15.9 Å². The first kappa shape index (κ1) is 17.6. The van der Waals surface area contributed by atoms with E-state index in [2.05, 4.69) is 4.72 Å². The summed E-state index contributed by atoms with van der Waals surface area (Å²) in [5.74, 6) is -0.256. The van der Waals surface area contributed by atoms with Crippen molar-refractivity contribution in [1.82, 2.24) is 4.72 Å². The van der Waals surface area contributed by atoms with Crippen LogP contribution < -0.4 is 9.62 Å². The third-order valence-electron chi connectivity index (χ3n) is 4.15. The second-order valence-electron chi connectivity index (χ2n) is 5.92. The van der Waals surface area contributed by atoms with Gasteiger partial charge < -0.3 is 4.90 Å². The zero-order valence-corrected chi connectivity index (χ0v) is 14.4. The van der Waals surface area contributed by atoms with E-state index in [4.69, 9.17) is 0 Å². The minimum Gasteiger partial charge on any atom is -0.312 e. The van der Waals surface area contributed by atoms with Crippen LogP contribution in [0.1, 0.15) is 18.4 Å². The number of benzene rings is 2. The van der Waals surface area contributed by atoms with Gasteiger partial charge in [-0.05, 0) is 54.8 Å². The summed E-state index contributed by atoms with van der Waals surface area (Å²) >= 11 is 0. The number of hydrogen-bond acceptors (Lipinski definition) is 3. The molecule has 0 unspecified atom stereocenters. The smallest absolute Gasteiger partial charge is 0.240 e. The molecule has 2 aromatic carbocycles. The van der Waals surface area contributed by atoms with Crippen LogP contribution in [-0.4, -0.2) is 27.4 Å². The fourth-order valence-electron chi connectivity index (χ4n) is 2.79. The summed E-state index contributed by atoms with van der Waals surface area (Å²) in [5, 5.41) is 0. The fourth-order valence-corrected chi connectivity index (χ4v) is 3.82. The van der Waals surface area contributed by atoms with Gasteiger partial charge in [-0.15, -0.1) is 0 Å². The molecule has 0 aromatic heterocycles. The van der Waals surface area contributed by atoms with E-state index in [9.17, 15) is 17.6 Å². The lowest BCUT2D eigenvalue weighted by Crippen LogP contribution is -2.26. The molecular formula is C18H19FN2O3S. The average molecular weight is 362 g/mol. The SMILES string of the molecule is O=C1CCCN1c1ccc(S(=O)(=O)NCCc2ccc(F)cc2)cc1. The van der Waals surface area contributed by atoms with Gasteiger partial charge in [-0.1, -0.05) is 12.1 Å². The van der Waals surface area contributed by atoms with E-state index in [-0.39, 0.29) is 23.2 Å². The predicted octanol–water partition coefficient (Wildman–Crippen LogP) is 2.47. The Hall–Kier alpha value is -2.25. The fraction of sp³-hybridized carbons (Fsp3) is 0.278. The van der Waals surface area contributed by atoms with Crippen LogP contribution in [0.2, 0.25) is 0 Å². The Kier molecular flexibility index (Phi) is 5.15. The lowest BCUT2D eigenvalue weighted by molar-refractivity contribution is -0.117. The lowest BCUT2D eigenvalue weighted by Gasteiger charge is -2.16. The van der Waals surface area contributed by atoms with Crippen LogP contribution in [-0.2, 0) is 21.2 Å². The van der Waals surface area contributed by atoms with Crippen molar-refractivity contribution < 1.29 is 17.6 Å². The van der Waals surface area contributed by atoms with Crippen molar-refractivity contribution in [2.75, 3.05) is 18.0 Å². The van der Waals surface area contributed by atoms with E-state index in [1.165, 1.54) is 24.3 Å². The van der Waals surface area contributed by atoms with Crippen LogP contribution in [0.5, 0.6) is 0 Å². The van der Waals surface area contributed by atoms with Crippen molar-refractivity contribution in [2.24, 2.45) is 0 Å². The number of nitrogens with zero attached hydrogens (tertiary/aromatic N) is 1. The molecule has 5 nitrogen and oxygen atoms in total. The second-order valence-corrected chi connectivity index (χ2v) is 7.68. The Morgan fingerprint density at radius 2 is 1.72 bits per heavy atom. The largest absolute Gasteiger partial charge is 0.312 e. The van der Waals surface area contributed by atoms with E-state index in [0.717, 1.165) is 12.0 Å². The normalized spacial score (nSPS) is 14.9. The van der Waals surface area contributed by atoms with Gasteiger partial charge in [-0.2, -0.15) is 0 Å². The van der Waals surface area contributed by atoms with Crippen LogP contribution in [0.15, 0.2) is 53.4 Å². The molecule has 1 heterocycles. The van der Waals surface area contributed by atoms with Crippen molar-refractivity contribution in [2.45, 2.75) is 24.2 Å². The molecule has 1 aliphatic rings.